The molecular weight excluding hydrogens is 302 g/mol. The molecule has 120 valence electrons. The van der Waals surface area contributed by atoms with Crippen LogP contribution in [-0.2, 0) is 17.7 Å². The molecule has 2 heterocycles. The SMILES string of the molecule is COC(=O)c1ccc(N2CCc3c(F)cc(F)cc3C2)nc1C. The summed E-state index contributed by atoms with van der Waals surface area (Å²) in [5.74, 6) is -0.835. The van der Waals surface area contributed by atoms with Crippen LogP contribution in [0.3, 0.4) is 0 Å². The van der Waals surface area contributed by atoms with Crippen LogP contribution in [0.5, 0.6) is 0 Å². The molecule has 0 spiro atoms. The second-order valence-electron chi connectivity index (χ2n) is 5.49. The van der Waals surface area contributed by atoms with Gasteiger partial charge in [-0.3, -0.25) is 0 Å². The first kappa shape index (κ1) is 15.4. The Kier molecular flexibility index (Phi) is 3.98. The van der Waals surface area contributed by atoms with E-state index in [2.05, 4.69) is 4.98 Å². The van der Waals surface area contributed by atoms with Gasteiger partial charge in [0.2, 0.25) is 0 Å². The fourth-order valence-electron chi connectivity index (χ4n) is 2.85. The number of fused-ring (bicyclic) bond motifs is 1. The van der Waals surface area contributed by atoms with Gasteiger partial charge in [-0.1, -0.05) is 0 Å². The number of nitrogens with zero attached hydrogens (tertiary/aromatic N) is 2. The third-order valence-electron chi connectivity index (χ3n) is 4.05. The highest BCUT2D eigenvalue weighted by atomic mass is 19.1. The Balaban J connectivity index is 1.89. The minimum Gasteiger partial charge on any atom is -0.465 e. The average Bonchev–Trinajstić information content (AvgIpc) is 2.53. The van der Waals surface area contributed by atoms with Crippen molar-refractivity contribution < 1.29 is 18.3 Å². The Morgan fingerprint density at radius 2 is 2.09 bits per heavy atom. The van der Waals surface area contributed by atoms with Crippen molar-refractivity contribution in [3.63, 3.8) is 0 Å². The molecule has 1 aliphatic heterocycles. The molecule has 2 aromatic rings. The number of benzene rings is 1. The summed E-state index contributed by atoms with van der Waals surface area (Å²) < 4.78 is 31.9. The van der Waals surface area contributed by atoms with Crippen molar-refractivity contribution in [2.75, 3.05) is 18.6 Å². The van der Waals surface area contributed by atoms with E-state index >= 15 is 0 Å². The lowest BCUT2D eigenvalue weighted by Gasteiger charge is -2.30. The van der Waals surface area contributed by atoms with Gasteiger partial charge in [0, 0.05) is 19.2 Å². The summed E-state index contributed by atoms with van der Waals surface area (Å²) in [6, 6.07) is 5.66. The number of carbonyl (C=O) groups excluding carboxylic acids is 1. The van der Waals surface area contributed by atoms with Gasteiger partial charge in [0.1, 0.15) is 17.5 Å². The third kappa shape index (κ3) is 2.88. The molecule has 0 aliphatic carbocycles. The molecule has 0 N–H and O–H groups in total. The van der Waals surface area contributed by atoms with E-state index in [9.17, 15) is 13.6 Å². The zero-order valence-electron chi connectivity index (χ0n) is 12.9. The van der Waals surface area contributed by atoms with Crippen LogP contribution >= 0.6 is 0 Å². The van der Waals surface area contributed by atoms with E-state index in [1.54, 1.807) is 19.1 Å². The first-order valence-corrected chi connectivity index (χ1v) is 7.27. The van der Waals surface area contributed by atoms with Gasteiger partial charge in [-0.2, -0.15) is 0 Å². The predicted octanol–water partition coefficient (Wildman–Crippen LogP) is 3.02. The largest absolute Gasteiger partial charge is 0.465 e. The number of halogens is 2. The second-order valence-corrected chi connectivity index (χ2v) is 5.49. The number of hydrogen-bond donors (Lipinski definition) is 0. The smallest absolute Gasteiger partial charge is 0.339 e. The maximum Gasteiger partial charge on any atom is 0.339 e. The van der Waals surface area contributed by atoms with Crippen molar-refractivity contribution in [2.45, 2.75) is 19.9 Å². The van der Waals surface area contributed by atoms with Crippen molar-refractivity contribution in [2.24, 2.45) is 0 Å². The zero-order chi connectivity index (χ0) is 16.6. The van der Waals surface area contributed by atoms with Gasteiger partial charge < -0.3 is 9.64 Å². The number of ether oxygens (including phenoxy) is 1. The first-order valence-electron chi connectivity index (χ1n) is 7.27. The second kappa shape index (κ2) is 5.95. The highest BCUT2D eigenvalue weighted by Crippen LogP contribution is 2.26. The highest BCUT2D eigenvalue weighted by Gasteiger charge is 2.22. The van der Waals surface area contributed by atoms with Gasteiger partial charge >= 0.3 is 5.97 Å². The van der Waals surface area contributed by atoms with E-state index in [0.29, 0.717) is 47.7 Å². The summed E-state index contributed by atoms with van der Waals surface area (Å²) in [7, 11) is 1.32. The Hall–Kier alpha value is -2.50. The topological polar surface area (TPSA) is 42.4 Å². The van der Waals surface area contributed by atoms with Crippen LogP contribution in [0.1, 0.15) is 27.2 Å². The van der Waals surface area contributed by atoms with Gasteiger partial charge in [-0.25, -0.2) is 18.6 Å². The highest BCUT2D eigenvalue weighted by molar-refractivity contribution is 5.90. The van der Waals surface area contributed by atoms with Crippen LogP contribution in [0.25, 0.3) is 0 Å². The number of methoxy groups -OCH3 is 1. The lowest BCUT2D eigenvalue weighted by Crippen LogP contribution is -2.32. The number of hydrogen-bond acceptors (Lipinski definition) is 4. The van der Waals surface area contributed by atoms with Crippen molar-refractivity contribution in [3.05, 3.63) is 58.3 Å². The predicted molar refractivity (Wildman–Crippen MR) is 81.4 cm³/mol. The first-order chi connectivity index (χ1) is 11.0. The molecule has 0 unspecified atom stereocenters. The van der Waals surface area contributed by atoms with Crippen LogP contribution in [0.4, 0.5) is 14.6 Å². The maximum absolute atomic E-state index is 13.8. The fourth-order valence-corrected chi connectivity index (χ4v) is 2.85. The molecule has 0 saturated carbocycles. The maximum atomic E-state index is 13.8. The minimum atomic E-state index is -0.576. The van der Waals surface area contributed by atoms with E-state index in [1.807, 2.05) is 4.90 Å². The number of esters is 1. The molecule has 3 rings (SSSR count). The van der Waals surface area contributed by atoms with Crippen LogP contribution in [-0.4, -0.2) is 24.6 Å². The number of anilines is 1. The summed E-state index contributed by atoms with van der Waals surface area (Å²) in [6.45, 7) is 2.70. The standard InChI is InChI=1S/C17H16F2N2O2/c1-10-13(17(22)23-2)3-4-16(20-10)21-6-5-14-11(9-21)7-12(18)8-15(14)19/h3-4,7-8H,5-6,9H2,1-2H3. The Morgan fingerprint density at radius 1 is 1.30 bits per heavy atom. The fraction of sp³-hybridized carbons (Fsp3) is 0.294. The molecule has 23 heavy (non-hydrogen) atoms. The molecule has 0 atom stereocenters. The van der Waals surface area contributed by atoms with E-state index < -0.39 is 17.6 Å². The molecule has 0 radical (unpaired) electrons. The summed E-state index contributed by atoms with van der Waals surface area (Å²) >= 11 is 0. The number of rotatable bonds is 2. The quantitative estimate of drug-likeness (QED) is 0.798. The summed E-state index contributed by atoms with van der Waals surface area (Å²) in [5, 5.41) is 0. The van der Waals surface area contributed by atoms with E-state index in [4.69, 9.17) is 4.74 Å². The van der Waals surface area contributed by atoms with Gasteiger partial charge in [0.25, 0.3) is 0 Å². The summed E-state index contributed by atoms with van der Waals surface area (Å²) in [6.07, 6.45) is 0.487. The van der Waals surface area contributed by atoms with Crippen LogP contribution in [0.2, 0.25) is 0 Å². The number of aromatic nitrogens is 1. The van der Waals surface area contributed by atoms with Gasteiger partial charge in [-0.05, 0) is 42.7 Å². The molecular formula is C17H16F2N2O2. The number of aryl methyl sites for hydroxylation is 1. The van der Waals surface area contributed by atoms with Crippen LogP contribution in [0, 0.1) is 18.6 Å². The molecule has 1 aromatic heterocycles. The normalized spacial score (nSPS) is 13.7. The number of carbonyl (C=O) groups is 1. The molecule has 0 bridgehead atoms. The van der Waals surface area contributed by atoms with Crippen molar-refractivity contribution in [3.8, 4) is 0 Å². The van der Waals surface area contributed by atoms with Crippen LogP contribution < -0.4 is 4.90 Å². The monoisotopic (exact) mass is 318 g/mol. The summed E-state index contributed by atoms with van der Waals surface area (Å²) in [5.41, 5.74) is 2.16. The Morgan fingerprint density at radius 3 is 2.78 bits per heavy atom. The molecule has 0 fully saturated rings. The Labute approximate surface area is 132 Å². The number of pyridine rings is 1. The molecule has 0 saturated heterocycles. The van der Waals surface area contributed by atoms with E-state index in [1.165, 1.54) is 13.2 Å². The van der Waals surface area contributed by atoms with E-state index in [0.717, 1.165) is 6.07 Å². The van der Waals surface area contributed by atoms with Crippen molar-refractivity contribution in [1.82, 2.24) is 4.98 Å². The molecule has 6 heteroatoms. The van der Waals surface area contributed by atoms with Crippen molar-refractivity contribution >= 4 is 11.8 Å². The Bertz CT molecular complexity index is 777. The molecule has 1 aromatic carbocycles. The molecule has 0 amide bonds. The van der Waals surface area contributed by atoms with Gasteiger partial charge in [-0.15, -0.1) is 0 Å². The lowest BCUT2D eigenvalue weighted by molar-refractivity contribution is 0.0599. The third-order valence-corrected chi connectivity index (χ3v) is 4.05. The van der Waals surface area contributed by atoms with Crippen molar-refractivity contribution in [1.29, 1.82) is 0 Å². The van der Waals surface area contributed by atoms with E-state index in [-0.39, 0.29) is 0 Å². The molecule has 4 nitrogen and oxygen atoms in total. The van der Waals surface area contributed by atoms with Crippen LogP contribution in [0.15, 0.2) is 24.3 Å². The average molecular weight is 318 g/mol. The zero-order valence-corrected chi connectivity index (χ0v) is 12.9. The minimum absolute atomic E-state index is 0.383. The van der Waals surface area contributed by atoms with Gasteiger partial charge in [0.05, 0.1) is 18.4 Å². The lowest BCUT2D eigenvalue weighted by atomic mass is 9.99. The van der Waals surface area contributed by atoms with Gasteiger partial charge in [0.15, 0.2) is 0 Å². The molecule has 1 aliphatic rings. The summed E-state index contributed by atoms with van der Waals surface area (Å²) in [4.78, 5) is 18.0.